The summed E-state index contributed by atoms with van der Waals surface area (Å²) in [5.74, 6) is 0.586. The van der Waals surface area contributed by atoms with Crippen molar-refractivity contribution < 1.29 is 9.59 Å². The number of nitrogens with one attached hydrogen (secondary N) is 1. The molecule has 3 amide bonds. The Kier molecular flexibility index (Phi) is 5.25. The Morgan fingerprint density at radius 2 is 1.86 bits per heavy atom. The molecule has 0 aliphatic carbocycles. The number of rotatable bonds is 2. The van der Waals surface area contributed by atoms with E-state index in [-0.39, 0.29) is 16.8 Å². The maximum absolute atomic E-state index is 12.6. The Morgan fingerprint density at radius 1 is 1.14 bits per heavy atom. The van der Waals surface area contributed by atoms with Crippen molar-refractivity contribution in [2.24, 2.45) is 0 Å². The summed E-state index contributed by atoms with van der Waals surface area (Å²) in [6.07, 6.45) is 1.49. The van der Waals surface area contributed by atoms with Gasteiger partial charge >= 0.3 is 6.03 Å². The van der Waals surface area contributed by atoms with Crippen LogP contribution in [0.1, 0.15) is 18.4 Å². The largest absolute Gasteiger partial charge is 0.324 e. The summed E-state index contributed by atoms with van der Waals surface area (Å²) in [6, 6.07) is 15.1. The standard InChI is InChI=1S/C21H22ClN3O2S/c1-15-3-2-4-17(13-15)23-20(27)24-11-9-21(10-12-24)25(19(26)14-28-21)18-7-5-16(22)6-8-18/h2-8,13H,9-12,14H2,1H3,(H,23,27). The van der Waals surface area contributed by atoms with E-state index < -0.39 is 0 Å². The molecule has 5 nitrogen and oxygen atoms in total. The Hall–Kier alpha value is -2.18. The van der Waals surface area contributed by atoms with E-state index >= 15 is 0 Å². The summed E-state index contributed by atoms with van der Waals surface area (Å²) in [7, 11) is 0. The molecule has 28 heavy (non-hydrogen) atoms. The van der Waals surface area contributed by atoms with Crippen LogP contribution in [0, 0.1) is 6.92 Å². The molecule has 7 heteroatoms. The predicted molar refractivity (Wildman–Crippen MR) is 115 cm³/mol. The first kappa shape index (κ1) is 19.2. The van der Waals surface area contributed by atoms with Gasteiger partial charge in [0.2, 0.25) is 5.91 Å². The van der Waals surface area contributed by atoms with Crippen LogP contribution in [-0.4, -0.2) is 40.6 Å². The molecule has 0 unspecified atom stereocenters. The molecule has 2 fully saturated rings. The molecule has 1 spiro atoms. The number of benzene rings is 2. The third-order valence-corrected chi connectivity index (χ3v) is 7.08. The van der Waals surface area contributed by atoms with E-state index in [2.05, 4.69) is 5.32 Å². The van der Waals surface area contributed by atoms with Crippen molar-refractivity contribution in [2.75, 3.05) is 29.1 Å². The predicted octanol–water partition coefficient (Wildman–Crippen LogP) is 4.75. The number of likely N-dealkylation sites (tertiary alicyclic amines) is 1. The first-order chi connectivity index (χ1) is 13.5. The number of aryl methyl sites for hydroxylation is 1. The maximum Gasteiger partial charge on any atom is 0.321 e. The van der Waals surface area contributed by atoms with Gasteiger partial charge in [-0.15, -0.1) is 11.8 Å². The highest BCUT2D eigenvalue weighted by atomic mass is 35.5. The Bertz CT molecular complexity index is 895. The quantitative estimate of drug-likeness (QED) is 0.769. The number of halogens is 1. The van der Waals surface area contributed by atoms with Crippen molar-refractivity contribution in [3.05, 3.63) is 59.1 Å². The molecule has 1 N–H and O–H groups in total. The zero-order valence-corrected chi connectivity index (χ0v) is 17.2. The average molecular weight is 416 g/mol. The van der Waals surface area contributed by atoms with E-state index in [0.717, 1.165) is 29.8 Å². The van der Waals surface area contributed by atoms with Gasteiger partial charge in [0.05, 0.1) is 10.6 Å². The Labute approximate surface area is 174 Å². The summed E-state index contributed by atoms with van der Waals surface area (Å²) in [5, 5.41) is 3.63. The van der Waals surface area contributed by atoms with Crippen molar-refractivity contribution >= 4 is 46.7 Å². The molecule has 0 aromatic heterocycles. The number of piperidine rings is 1. The number of thioether (sulfide) groups is 1. The van der Waals surface area contributed by atoms with E-state index in [4.69, 9.17) is 11.6 Å². The van der Waals surface area contributed by atoms with Gasteiger partial charge in [0, 0.05) is 29.5 Å². The van der Waals surface area contributed by atoms with Crippen LogP contribution in [-0.2, 0) is 4.79 Å². The van der Waals surface area contributed by atoms with E-state index in [1.165, 1.54) is 0 Å². The summed E-state index contributed by atoms with van der Waals surface area (Å²) < 4.78 is 0. The van der Waals surface area contributed by atoms with E-state index in [0.29, 0.717) is 23.9 Å². The number of nitrogens with zero attached hydrogens (tertiary/aromatic N) is 2. The van der Waals surface area contributed by atoms with E-state index in [1.54, 1.807) is 11.8 Å². The lowest BCUT2D eigenvalue weighted by atomic mass is 10.0. The number of hydrogen-bond donors (Lipinski definition) is 1. The van der Waals surface area contributed by atoms with Crippen LogP contribution < -0.4 is 10.2 Å². The minimum absolute atomic E-state index is 0.0900. The summed E-state index contributed by atoms with van der Waals surface area (Å²) >= 11 is 7.69. The number of carbonyl (C=O) groups excluding carboxylic acids is 2. The monoisotopic (exact) mass is 415 g/mol. The maximum atomic E-state index is 12.6. The lowest BCUT2D eigenvalue weighted by molar-refractivity contribution is -0.116. The van der Waals surface area contributed by atoms with Crippen LogP contribution in [0.25, 0.3) is 0 Å². The van der Waals surface area contributed by atoms with Gasteiger partial charge in [0.15, 0.2) is 0 Å². The van der Waals surface area contributed by atoms with Crippen LogP contribution in [0.4, 0.5) is 16.2 Å². The average Bonchev–Trinajstić information content (AvgIpc) is 2.99. The van der Waals surface area contributed by atoms with Crippen molar-refractivity contribution in [1.29, 1.82) is 0 Å². The molecule has 0 saturated carbocycles. The third kappa shape index (κ3) is 3.71. The molecule has 2 aliphatic heterocycles. The lowest BCUT2D eigenvalue weighted by Crippen LogP contribution is -2.53. The number of anilines is 2. The fourth-order valence-electron chi connectivity index (χ4n) is 3.87. The summed E-state index contributed by atoms with van der Waals surface area (Å²) in [6.45, 7) is 3.23. The topological polar surface area (TPSA) is 52.7 Å². The molecule has 0 bridgehead atoms. The SMILES string of the molecule is Cc1cccc(NC(=O)N2CCC3(CC2)SCC(=O)N3c2ccc(Cl)cc2)c1. The Morgan fingerprint density at radius 3 is 2.54 bits per heavy atom. The molecule has 2 aromatic carbocycles. The van der Waals surface area contributed by atoms with Crippen LogP contribution >= 0.6 is 23.4 Å². The lowest BCUT2D eigenvalue weighted by Gasteiger charge is -2.43. The molecule has 2 saturated heterocycles. The number of urea groups is 1. The smallest absolute Gasteiger partial charge is 0.321 e. The van der Waals surface area contributed by atoms with Gasteiger partial charge in [-0.25, -0.2) is 4.79 Å². The van der Waals surface area contributed by atoms with Gasteiger partial charge < -0.3 is 10.2 Å². The second kappa shape index (κ2) is 7.68. The van der Waals surface area contributed by atoms with E-state index in [9.17, 15) is 9.59 Å². The molecular formula is C21H22ClN3O2S. The minimum atomic E-state index is -0.287. The molecule has 2 aromatic rings. The second-order valence-corrected chi connectivity index (χ2v) is 9.00. The fraction of sp³-hybridized carbons (Fsp3) is 0.333. The van der Waals surface area contributed by atoms with Crippen molar-refractivity contribution in [2.45, 2.75) is 24.6 Å². The zero-order valence-electron chi connectivity index (χ0n) is 15.7. The first-order valence-electron chi connectivity index (χ1n) is 9.32. The van der Waals surface area contributed by atoms with Crippen LogP contribution in [0.15, 0.2) is 48.5 Å². The van der Waals surface area contributed by atoms with Crippen LogP contribution in [0.5, 0.6) is 0 Å². The van der Waals surface area contributed by atoms with Crippen molar-refractivity contribution in [1.82, 2.24) is 4.90 Å². The summed E-state index contributed by atoms with van der Waals surface area (Å²) in [5.41, 5.74) is 2.78. The fourth-order valence-corrected chi connectivity index (χ4v) is 5.33. The third-order valence-electron chi connectivity index (χ3n) is 5.31. The van der Waals surface area contributed by atoms with Crippen LogP contribution in [0.3, 0.4) is 0 Å². The van der Waals surface area contributed by atoms with Crippen molar-refractivity contribution in [3.63, 3.8) is 0 Å². The molecule has 0 atom stereocenters. The zero-order chi connectivity index (χ0) is 19.7. The first-order valence-corrected chi connectivity index (χ1v) is 10.7. The Balaban J connectivity index is 1.45. The summed E-state index contributed by atoms with van der Waals surface area (Å²) in [4.78, 5) is 28.7. The van der Waals surface area contributed by atoms with Gasteiger partial charge in [-0.05, 0) is 61.7 Å². The van der Waals surface area contributed by atoms with Gasteiger partial charge in [0.25, 0.3) is 0 Å². The molecule has 2 heterocycles. The minimum Gasteiger partial charge on any atom is -0.324 e. The van der Waals surface area contributed by atoms with Gasteiger partial charge in [-0.3, -0.25) is 9.69 Å². The van der Waals surface area contributed by atoms with Crippen molar-refractivity contribution in [3.8, 4) is 0 Å². The number of carbonyl (C=O) groups is 2. The van der Waals surface area contributed by atoms with Gasteiger partial charge in [-0.2, -0.15) is 0 Å². The van der Waals surface area contributed by atoms with Gasteiger partial charge in [0.1, 0.15) is 0 Å². The highest BCUT2D eigenvalue weighted by Crippen LogP contribution is 2.46. The number of amides is 3. The highest BCUT2D eigenvalue weighted by Gasteiger charge is 2.49. The second-order valence-electron chi connectivity index (χ2n) is 7.23. The molecular weight excluding hydrogens is 394 g/mol. The molecule has 146 valence electrons. The molecule has 4 rings (SSSR count). The molecule has 0 radical (unpaired) electrons. The number of hydrogen-bond acceptors (Lipinski definition) is 3. The van der Waals surface area contributed by atoms with E-state index in [1.807, 2.05) is 65.3 Å². The normalized spacial score (nSPS) is 18.6. The van der Waals surface area contributed by atoms with Crippen LogP contribution in [0.2, 0.25) is 5.02 Å². The highest BCUT2D eigenvalue weighted by molar-refractivity contribution is 8.02. The molecule has 2 aliphatic rings. The van der Waals surface area contributed by atoms with Gasteiger partial charge in [-0.1, -0.05) is 23.7 Å².